The largest absolute Gasteiger partial charge is 0.493 e. The third-order valence-electron chi connectivity index (χ3n) is 3.42. The monoisotopic (exact) mass is 285 g/mol. The maximum Gasteiger partial charge on any atom is 0.163 e. The number of hydrogen-bond acceptors (Lipinski definition) is 3. The van der Waals surface area contributed by atoms with Crippen molar-refractivity contribution in [2.75, 3.05) is 19.0 Å². The number of hydrogen-bond donors (Lipinski definition) is 1. The van der Waals surface area contributed by atoms with E-state index in [0.29, 0.717) is 6.61 Å². The molecule has 3 heteroatoms. The summed E-state index contributed by atoms with van der Waals surface area (Å²) in [6.07, 6.45) is 0. The predicted molar refractivity (Wildman–Crippen MR) is 87.4 cm³/mol. The van der Waals surface area contributed by atoms with Crippen molar-refractivity contribution in [3.63, 3.8) is 0 Å². The number of rotatable bonds is 6. The maximum atomic E-state index is 5.61. The second-order valence-electron chi connectivity index (χ2n) is 5.08. The highest BCUT2D eigenvalue weighted by Crippen LogP contribution is 2.31. The van der Waals surface area contributed by atoms with Crippen molar-refractivity contribution in [2.45, 2.75) is 26.8 Å². The van der Waals surface area contributed by atoms with E-state index in [1.54, 1.807) is 7.11 Å². The number of nitrogens with one attached hydrogen (secondary N) is 1. The van der Waals surface area contributed by atoms with Gasteiger partial charge in [0.1, 0.15) is 0 Å². The molecule has 1 atom stereocenters. The molecule has 1 unspecified atom stereocenters. The first-order valence-corrected chi connectivity index (χ1v) is 7.28. The highest BCUT2D eigenvalue weighted by Gasteiger charge is 2.09. The summed E-state index contributed by atoms with van der Waals surface area (Å²) in [7, 11) is 1.65. The van der Waals surface area contributed by atoms with Gasteiger partial charge in [-0.15, -0.1) is 0 Å². The van der Waals surface area contributed by atoms with Crippen molar-refractivity contribution in [1.82, 2.24) is 0 Å². The van der Waals surface area contributed by atoms with Gasteiger partial charge >= 0.3 is 0 Å². The number of anilines is 1. The van der Waals surface area contributed by atoms with Crippen LogP contribution in [0.1, 0.15) is 31.0 Å². The first-order valence-electron chi connectivity index (χ1n) is 7.28. The van der Waals surface area contributed by atoms with Crippen molar-refractivity contribution in [2.24, 2.45) is 0 Å². The van der Waals surface area contributed by atoms with Crippen LogP contribution in [0.2, 0.25) is 0 Å². The average Bonchev–Trinajstić information content (AvgIpc) is 2.48. The SMILES string of the molecule is CCOc1cc(NC(C)c2ccc(C)cc2)ccc1OC. The van der Waals surface area contributed by atoms with E-state index in [1.807, 2.05) is 25.1 Å². The Morgan fingerprint density at radius 2 is 1.76 bits per heavy atom. The van der Waals surface area contributed by atoms with Gasteiger partial charge in [0.15, 0.2) is 11.5 Å². The van der Waals surface area contributed by atoms with Gasteiger partial charge in [-0.25, -0.2) is 0 Å². The summed E-state index contributed by atoms with van der Waals surface area (Å²) in [5.41, 5.74) is 3.55. The Labute approximate surface area is 126 Å². The van der Waals surface area contributed by atoms with Crippen LogP contribution in [-0.4, -0.2) is 13.7 Å². The molecule has 0 spiro atoms. The molecule has 0 aliphatic heterocycles. The third kappa shape index (κ3) is 3.91. The van der Waals surface area contributed by atoms with E-state index in [4.69, 9.17) is 9.47 Å². The average molecular weight is 285 g/mol. The molecule has 21 heavy (non-hydrogen) atoms. The van der Waals surface area contributed by atoms with Crippen molar-refractivity contribution >= 4 is 5.69 Å². The Hall–Kier alpha value is -2.16. The molecule has 0 fully saturated rings. The molecule has 1 N–H and O–H groups in total. The molecule has 3 nitrogen and oxygen atoms in total. The second-order valence-corrected chi connectivity index (χ2v) is 5.08. The van der Waals surface area contributed by atoms with Gasteiger partial charge in [-0.3, -0.25) is 0 Å². The minimum absolute atomic E-state index is 0.230. The Morgan fingerprint density at radius 1 is 1.05 bits per heavy atom. The van der Waals surface area contributed by atoms with Gasteiger partial charge < -0.3 is 14.8 Å². The van der Waals surface area contributed by atoms with Gasteiger partial charge in [-0.1, -0.05) is 29.8 Å². The van der Waals surface area contributed by atoms with Gasteiger partial charge in [0, 0.05) is 17.8 Å². The maximum absolute atomic E-state index is 5.61. The molecule has 0 aliphatic carbocycles. The Kier molecular flexibility index (Phi) is 5.09. The van der Waals surface area contributed by atoms with Gasteiger partial charge in [0.2, 0.25) is 0 Å². The van der Waals surface area contributed by atoms with Crippen molar-refractivity contribution < 1.29 is 9.47 Å². The van der Waals surface area contributed by atoms with Crippen LogP contribution in [0.3, 0.4) is 0 Å². The summed E-state index contributed by atoms with van der Waals surface area (Å²) in [6.45, 7) is 6.83. The van der Waals surface area contributed by atoms with E-state index in [0.717, 1.165) is 17.2 Å². The summed E-state index contributed by atoms with van der Waals surface area (Å²) in [5, 5.41) is 3.49. The van der Waals surface area contributed by atoms with Crippen LogP contribution in [0, 0.1) is 6.92 Å². The van der Waals surface area contributed by atoms with E-state index < -0.39 is 0 Å². The summed E-state index contributed by atoms with van der Waals surface area (Å²) in [4.78, 5) is 0. The predicted octanol–water partition coefficient (Wildman–Crippen LogP) is 4.58. The highest BCUT2D eigenvalue weighted by molar-refractivity contribution is 5.55. The molecular formula is C18H23NO2. The topological polar surface area (TPSA) is 30.5 Å². The molecule has 2 aromatic carbocycles. The van der Waals surface area contributed by atoms with Gasteiger partial charge in [-0.05, 0) is 38.5 Å². The Bertz CT molecular complexity index is 578. The molecule has 0 aliphatic rings. The number of benzene rings is 2. The van der Waals surface area contributed by atoms with E-state index in [1.165, 1.54) is 11.1 Å². The Balaban J connectivity index is 2.15. The molecule has 0 heterocycles. The highest BCUT2D eigenvalue weighted by atomic mass is 16.5. The van der Waals surface area contributed by atoms with Crippen LogP contribution in [-0.2, 0) is 0 Å². The lowest BCUT2D eigenvalue weighted by molar-refractivity contribution is 0.311. The van der Waals surface area contributed by atoms with Gasteiger partial charge in [0.05, 0.1) is 13.7 Å². The van der Waals surface area contributed by atoms with Crippen molar-refractivity contribution in [3.8, 4) is 11.5 Å². The zero-order chi connectivity index (χ0) is 15.2. The van der Waals surface area contributed by atoms with E-state index in [9.17, 15) is 0 Å². The molecule has 0 saturated heterocycles. The van der Waals surface area contributed by atoms with Crippen LogP contribution in [0.5, 0.6) is 11.5 Å². The van der Waals surface area contributed by atoms with E-state index >= 15 is 0 Å². The molecule has 0 radical (unpaired) electrons. The molecule has 112 valence electrons. The fourth-order valence-electron chi connectivity index (χ4n) is 2.22. The lowest BCUT2D eigenvalue weighted by Crippen LogP contribution is -2.07. The number of aryl methyl sites for hydroxylation is 1. The molecule has 0 saturated carbocycles. The van der Waals surface area contributed by atoms with Crippen molar-refractivity contribution in [1.29, 1.82) is 0 Å². The Morgan fingerprint density at radius 3 is 2.38 bits per heavy atom. The van der Waals surface area contributed by atoms with Crippen LogP contribution >= 0.6 is 0 Å². The van der Waals surface area contributed by atoms with E-state index in [2.05, 4.69) is 43.4 Å². The fraction of sp³-hybridized carbons (Fsp3) is 0.333. The van der Waals surface area contributed by atoms with Gasteiger partial charge in [0.25, 0.3) is 0 Å². The smallest absolute Gasteiger partial charge is 0.163 e. The lowest BCUT2D eigenvalue weighted by atomic mass is 10.1. The molecule has 0 aromatic heterocycles. The first-order chi connectivity index (χ1) is 10.1. The lowest BCUT2D eigenvalue weighted by Gasteiger charge is -2.18. The molecular weight excluding hydrogens is 262 g/mol. The zero-order valence-electron chi connectivity index (χ0n) is 13.1. The summed E-state index contributed by atoms with van der Waals surface area (Å²) >= 11 is 0. The summed E-state index contributed by atoms with van der Waals surface area (Å²) < 4.78 is 10.9. The first kappa shape index (κ1) is 15.2. The quantitative estimate of drug-likeness (QED) is 0.843. The number of ether oxygens (including phenoxy) is 2. The van der Waals surface area contributed by atoms with Crippen LogP contribution in [0.15, 0.2) is 42.5 Å². The minimum atomic E-state index is 0.230. The van der Waals surface area contributed by atoms with Crippen LogP contribution in [0.25, 0.3) is 0 Å². The second kappa shape index (κ2) is 7.02. The fourth-order valence-corrected chi connectivity index (χ4v) is 2.22. The molecule has 2 rings (SSSR count). The minimum Gasteiger partial charge on any atom is -0.493 e. The van der Waals surface area contributed by atoms with Gasteiger partial charge in [-0.2, -0.15) is 0 Å². The van der Waals surface area contributed by atoms with Crippen LogP contribution < -0.4 is 14.8 Å². The summed E-state index contributed by atoms with van der Waals surface area (Å²) in [6, 6.07) is 14.7. The zero-order valence-corrected chi connectivity index (χ0v) is 13.1. The molecule has 2 aromatic rings. The summed E-state index contributed by atoms with van der Waals surface area (Å²) in [5.74, 6) is 1.52. The molecule has 0 bridgehead atoms. The van der Waals surface area contributed by atoms with Crippen molar-refractivity contribution in [3.05, 3.63) is 53.6 Å². The molecule has 0 amide bonds. The third-order valence-corrected chi connectivity index (χ3v) is 3.42. The van der Waals surface area contributed by atoms with Crippen LogP contribution in [0.4, 0.5) is 5.69 Å². The number of methoxy groups -OCH3 is 1. The normalized spacial score (nSPS) is 11.8. The standard InChI is InChI=1S/C18H23NO2/c1-5-21-18-12-16(10-11-17(18)20-4)19-14(3)15-8-6-13(2)7-9-15/h6-12,14,19H,5H2,1-4H3. The van der Waals surface area contributed by atoms with E-state index in [-0.39, 0.29) is 6.04 Å².